The van der Waals surface area contributed by atoms with Gasteiger partial charge in [-0.05, 0) is 75.9 Å². The van der Waals surface area contributed by atoms with Gasteiger partial charge in [-0.15, -0.1) is 0 Å². The molecule has 6 nitrogen and oxygen atoms in total. The Bertz CT molecular complexity index is 1370. The summed E-state index contributed by atoms with van der Waals surface area (Å²) in [5.41, 5.74) is -3.97. The van der Waals surface area contributed by atoms with E-state index in [1.807, 2.05) is 0 Å². The van der Waals surface area contributed by atoms with Crippen LogP contribution in [0.3, 0.4) is 0 Å². The number of likely N-dealkylation sites (tertiary alicyclic amines) is 2. The topological polar surface area (TPSA) is 53.1 Å². The molecule has 2 aromatic rings. The summed E-state index contributed by atoms with van der Waals surface area (Å²) < 4.78 is 101. The quantitative estimate of drug-likeness (QED) is 0.312. The first-order valence-electron chi connectivity index (χ1n) is 14.5. The average Bonchev–Trinajstić information content (AvgIpc) is 2.95. The van der Waals surface area contributed by atoms with Gasteiger partial charge in [-0.3, -0.25) is 9.69 Å². The summed E-state index contributed by atoms with van der Waals surface area (Å²) in [6.07, 6.45) is -9.00. The number of alkyl halides is 6. The van der Waals surface area contributed by atoms with E-state index < -0.39 is 64.4 Å². The van der Waals surface area contributed by atoms with E-state index >= 15 is 0 Å². The third-order valence-corrected chi connectivity index (χ3v) is 8.55. The van der Waals surface area contributed by atoms with Gasteiger partial charge in [0.2, 0.25) is 0 Å². The molecule has 2 aromatic carbocycles. The molecule has 2 fully saturated rings. The lowest BCUT2D eigenvalue weighted by molar-refractivity contribution is -0.143. The van der Waals surface area contributed by atoms with E-state index in [4.69, 9.17) is 16.3 Å². The van der Waals surface area contributed by atoms with E-state index in [1.165, 1.54) is 30.1 Å². The number of amides is 2. The van der Waals surface area contributed by atoms with Crippen LogP contribution in [0.4, 0.5) is 35.5 Å². The van der Waals surface area contributed by atoms with Gasteiger partial charge in [0.1, 0.15) is 11.4 Å². The van der Waals surface area contributed by atoms with Gasteiger partial charge >= 0.3 is 18.4 Å². The maximum atomic E-state index is 14.1. The maximum absolute atomic E-state index is 14.1. The van der Waals surface area contributed by atoms with Crippen molar-refractivity contribution in [2.45, 2.75) is 76.0 Å². The molecule has 2 atom stereocenters. The van der Waals surface area contributed by atoms with E-state index in [0.717, 1.165) is 0 Å². The molecule has 2 amide bonds. The fourth-order valence-corrected chi connectivity index (χ4v) is 6.19. The largest absolute Gasteiger partial charge is 0.444 e. The lowest BCUT2D eigenvalue weighted by atomic mass is 9.83. The molecule has 2 aliphatic rings. The van der Waals surface area contributed by atoms with Crippen LogP contribution >= 0.6 is 11.6 Å². The van der Waals surface area contributed by atoms with Crippen molar-refractivity contribution in [3.05, 3.63) is 69.5 Å². The fourth-order valence-electron chi connectivity index (χ4n) is 6.00. The molecule has 45 heavy (non-hydrogen) atoms. The fraction of sp³-hybridized carbons (Fsp3) is 0.548. The number of benzene rings is 2. The van der Waals surface area contributed by atoms with Gasteiger partial charge in [0.05, 0.1) is 16.1 Å². The summed E-state index contributed by atoms with van der Waals surface area (Å²) >= 11 is 6.08. The van der Waals surface area contributed by atoms with Crippen molar-refractivity contribution in [3.8, 4) is 0 Å². The highest BCUT2D eigenvalue weighted by atomic mass is 35.5. The van der Waals surface area contributed by atoms with Gasteiger partial charge in [-0.2, -0.15) is 26.3 Å². The van der Waals surface area contributed by atoms with Crippen LogP contribution in [0.2, 0.25) is 5.02 Å². The van der Waals surface area contributed by atoms with Gasteiger partial charge in [0.25, 0.3) is 5.91 Å². The summed E-state index contributed by atoms with van der Waals surface area (Å²) in [5, 5.41) is -0.157. The van der Waals surface area contributed by atoms with E-state index in [9.17, 15) is 40.3 Å². The number of carbonyl (C=O) groups is 2. The second-order valence-corrected chi connectivity index (χ2v) is 12.9. The lowest BCUT2D eigenvalue weighted by Crippen LogP contribution is -2.55. The highest BCUT2D eigenvalue weighted by Gasteiger charge is 2.41. The summed E-state index contributed by atoms with van der Waals surface area (Å²) in [5.74, 6) is -2.16. The minimum absolute atomic E-state index is 0.0211. The van der Waals surface area contributed by atoms with Crippen molar-refractivity contribution in [1.29, 1.82) is 0 Å². The van der Waals surface area contributed by atoms with E-state index in [1.54, 1.807) is 25.7 Å². The maximum Gasteiger partial charge on any atom is 0.416 e. The molecule has 0 saturated carbocycles. The summed E-state index contributed by atoms with van der Waals surface area (Å²) in [4.78, 5) is 31.1. The Morgan fingerprint density at radius 1 is 0.889 bits per heavy atom. The van der Waals surface area contributed by atoms with Crippen molar-refractivity contribution in [3.63, 3.8) is 0 Å². The smallest absolute Gasteiger partial charge is 0.416 e. The first-order valence-corrected chi connectivity index (χ1v) is 14.9. The molecule has 2 aliphatic heterocycles. The van der Waals surface area contributed by atoms with Crippen molar-refractivity contribution in [1.82, 2.24) is 14.7 Å². The van der Waals surface area contributed by atoms with Gasteiger partial charge < -0.3 is 14.5 Å². The SMILES string of the molecule is CN(C(=O)c1cc(C(F)(F)F)cc(C(F)(F)F)c1)[C@@H]1CCN(C2CCN(C(=O)OC(C)(C)C)CC2)C[C@H]1c1ccc(F)c(Cl)c1. The average molecular weight is 666 g/mol. The Balaban J connectivity index is 1.59. The molecule has 0 aromatic heterocycles. The Hall–Kier alpha value is -3.06. The first-order chi connectivity index (χ1) is 20.7. The van der Waals surface area contributed by atoms with Crippen molar-refractivity contribution >= 4 is 23.6 Å². The predicted molar refractivity (Wildman–Crippen MR) is 153 cm³/mol. The first kappa shape index (κ1) is 34.8. The molecule has 2 heterocycles. The third-order valence-electron chi connectivity index (χ3n) is 8.26. The molecule has 4 rings (SSSR count). The molecule has 0 aliphatic carbocycles. The number of halogens is 8. The Labute approximate surface area is 262 Å². The van der Waals surface area contributed by atoms with Crippen LogP contribution in [0.15, 0.2) is 36.4 Å². The van der Waals surface area contributed by atoms with Crippen LogP contribution in [-0.4, -0.2) is 77.6 Å². The molecular formula is C31H35ClF7N3O3. The Morgan fingerprint density at radius 2 is 1.47 bits per heavy atom. The highest BCUT2D eigenvalue weighted by Crippen LogP contribution is 2.38. The third kappa shape index (κ3) is 8.41. The molecule has 0 unspecified atom stereocenters. The zero-order valence-electron chi connectivity index (χ0n) is 25.2. The molecule has 248 valence electrons. The number of ether oxygens (including phenoxy) is 1. The second kappa shape index (κ2) is 13.0. The van der Waals surface area contributed by atoms with Crippen LogP contribution in [0.5, 0.6) is 0 Å². The Morgan fingerprint density at radius 3 is 1.98 bits per heavy atom. The number of nitrogens with zero attached hydrogens (tertiary/aromatic N) is 3. The lowest BCUT2D eigenvalue weighted by Gasteiger charge is -2.47. The number of hydrogen-bond acceptors (Lipinski definition) is 4. The van der Waals surface area contributed by atoms with Crippen molar-refractivity contribution in [2.75, 3.05) is 33.2 Å². The zero-order chi connectivity index (χ0) is 33.5. The second-order valence-electron chi connectivity index (χ2n) is 12.5. The van der Waals surface area contributed by atoms with Gasteiger partial charge in [0.15, 0.2) is 0 Å². The van der Waals surface area contributed by atoms with Crippen molar-refractivity contribution in [2.24, 2.45) is 0 Å². The molecule has 0 radical (unpaired) electrons. The number of hydrogen-bond donors (Lipinski definition) is 0. The van der Waals surface area contributed by atoms with Crippen molar-refractivity contribution < 1.29 is 45.1 Å². The zero-order valence-corrected chi connectivity index (χ0v) is 26.0. The monoisotopic (exact) mass is 665 g/mol. The van der Waals surface area contributed by atoms with Crippen LogP contribution in [0, 0.1) is 5.82 Å². The van der Waals surface area contributed by atoms with E-state index in [2.05, 4.69) is 4.90 Å². The molecule has 0 spiro atoms. The molecule has 2 saturated heterocycles. The van der Waals surface area contributed by atoms with Gasteiger partial charge in [-0.25, -0.2) is 9.18 Å². The molecule has 14 heteroatoms. The summed E-state index contributed by atoms with van der Waals surface area (Å²) in [6, 6.07) is 4.34. The van der Waals surface area contributed by atoms with Crippen LogP contribution in [-0.2, 0) is 17.1 Å². The summed E-state index contributed by atoms with van der Waals surface area (Å²) in [6.45, 7) is 7.11. The standard InChI is InChI=1S/C31H35ClF7N3O3/c1-29(2,3)45-28(44)41-10-7-22(8-11-41)42-12-9-26(23(17-42)18-5-6-25(33)24(32)15-18)40(4)27(43)19-13-20(30(34,35)36)16-21(14-19)31(37,38)39/h5-6,13-16,22-23,26H,7-12,17H2,1-4H3/t23-,26+/m0/s1. The van der Waals surface area contributed by atoms with E-state index in [-0.39, 0.29) is 17.1 Å². The minimum atomic E-state index is -5.10. The van der Waals surface area contributed by atoms with Crippen LogP contribution in [0.25, 0.3) is 0 Å². The molecule has 0 bridgehead atoms. The van der Waals surface area contributed by atoms with Crippen LogP contribution in [0.1, 0.15) is 73.0 Å². The van der Waals surface area contributed by atoms with Gasteiger partial charge in [0, 0.05) is 56.8 Å². The molecule has 0 N–H and O–H groups in total. The Kier molecular flexibility index (Phi) is 10.0. The number of carbonyl (C=O) groups excluding carboxylic acids is 2. The normalized spacial score (nSPS) is 20.7. The number of piperidine rings is 2. The minimum Gasteiger partial charge on any atom is -0.444 e. The van der Waals surface area contributed by atoms with Gasteiger partial charge in [-0.1, -0.05) is 17.7 Å². The number of rotatable bonds is 4. The number of likely N-dealkylation sites (N-methyl/N-ethyl adjacent to an activating group) is 1. The summed E-state index contributed by atoms with van der Waals surface area (Å²) in [7, 11) is 1.34. The highest BCUT2D eigenvalue weighted by molar-refractivity contribution is 6.30. The van der Waals surface area contributed by atoms with E-state index in [0.29, 0.717) is 63.1 Å². The van der Waals surface area contributed by atoms with Crippen LogP contribution < -0.4 is 0 Å². The molecular weight excluding hydrogens is 631 g/mol. The predicted octanol–water partition coefficient (Wildman–Crippen LogP) is 7.85.